The summed E-state index contributed by atoms with van der Waals surface area (Å²) in [5.41, 5.74) is 5.29. The molecule has 0 aliphatic heterocycles. The number of hydrogen-bond donors (Lipinski definition) is 2. The second-order valence-corrected chi connectivity index (χ2v) is 11.3. The minimum atomic E-state index is -1.92. The summed E-state index contributed by atoms with van der Waals surface area (Å²) in [5, 5.41) is 9.12. The van der Waals surface area contributed by atoms with Crippen molar-refractivity contribution in [2.24, 2.45) is 11.7 Å². The second-order valence-electron chi connectivity index (χ2n) is 6.58. The van der Waals surface area contributed by atoms with Gasteiger partial charge in [-0.2, -0.15) is 0 Å². The summed E-state index contributed by atoms with van der Waals surface area (Å²) < 4.78 is 6.25. The second kappa shape index (κ2) is 6.68. The van der Waals surface area contributed by atoms with Gasteiger partial charge in [-0.05, 0) is 30.5 Å². The van der Waals surface area contributed by atoms with Crippen molar-refractivity contribution >= 4 is 14.2 Å². The molecule has 1 amide bonds. The molecule has 0 fully saturated rings. The van der Waals surface area contributed by atoms with Crippen LogP contribution in [-0.4, -0.2) is 32.0 Å². The number of hydrogen-bond acceptors (Lipinski definition) is 3. The van der Waals surface area contributed by atoms with Crippen LogP contribution in [0.4, 0.5) is 0 Å². The molecule has 108 valence electrons. The van der Waals surface area contributed by atoms with Crippen molar-refractivity contribution in [1.29, 1.82) is 0 Å². The maximum atomic E-state index is 11.1. The molecular formula is C13H29NO3Si. The van der Waals surface area contributed by atoms with Crippen molar-refractivity contribution in [1.82, 2.24) is 0 Å². The predicted octanol–water partition coefficient (Wildman–Crippen LogP) is 2.27. The number of amides is 1. The summed E-state index contributed by atoms with van der Waals surface area (Å²) in [6.07, 6.45) is 0.677. The third-order valence-electron chi connectivity index (χ3n) is 3.87. The van der Waals surface area contributed by atoms with Crippen LogP contribution in [0, 0.1) is 5.92 Å². The summed E-state index contributed by atoms with van der Waals surface area (Å²) in [5.74, 6) is -0.208. The monoisotopic (exact) mass is 275 g/mol. The van der Waals surface area contributed by atoms with E-state index in [-0.39, 0.29) is 36.0 Å². The van der Waals surface area contributed by atoms with E-state index in [0.29, 0.717) is 6.42 Å². The van der Waals surface area contributed by atoms with Gasteiger partial charge in [-0.25, -0.2) is 0 Å². The number of nitrogens with two attached hydrogens (primary N) is 1. The van der Waals surface area contributed by atoms with Crippen molar-refractivity contribution < 1.29 is 14.3 Å². The first kappa shape index (κ1) is 17.6. The van der Waals surface area contributed by atoms with Gasteiger partial charge in [-0.3, -0.25) is 4.79 Å². The average Bonchev–Trinajstić information content (AvgIpc) is 2.14. The van der Waals surface area contributed by atoms with Gasteiger partial charge in [0, 0.05) is 6.61 Å². The molecule has 0 bridgehead atoms. The minimum absolute atomic E-state index is 0.0990. The van der Waals surface area contributed by atoms with Crippen molar-refractivity contribution in [3.63, 3.8) is 0 Å². The van der Waals surface area contributed by atoms with Gasteiger partial charge in [-0.15, -0.1) is 0 Å². The zero-order valence-electron chi connectivity index (χ0n) is 12.6. The molecule has 0 radical (unpaired) electrons. The fraction of sp³-hybridized carbons (Fsp3) is 0.923. The highest BCUT2D eigenvalue weighted by Gasteiger charge is 2.40. The molecule has 0 aliphatic rings. The smallest absolute Gasteiger partial charge is 0.219 e. The Labute approximate surface area is 112 Å². The van der Waals surface area contributed by atoms with E-state index in [0.717, 1.165) is 0 Å². The maximum Gasteiger partial charge on any atom is 0.219 e. The first-order chi connectivity index (χ1) is 8.01. The molecule has 0 aromatic carbocycles. The van der Waals surface area contributed by atoms with E-state index in [2.05, 4.69) is 33.9 Å². The van der Waals surface area contributed by atoms with Crippen LogP contribution in [0.2, 0.25) is 18.1 Å². The lowest BCUT2D eigenvalue weighted by Gasteiger charge is -2.40. The van der Waals surface area contributed by atoms with Crippen LogP contribution in [0.15, 0.2) is 0 Å². The molecular weight excluding hydrogens is 246 g/mol. The molecule has 4 nitrogen and oxygen atoms in total. The van der Waals surface area contributed by atoms with Crippen LogP contribution in [0.1, 0.15) is 40.5 Å². The highest BCUT2D eigenvalue weighted by molar-refractivity contribution is 6.74. The average molecular weight is 275 g/mol. The number of aliphatic hydroxyl groups excluding tert-OH is 1. The largest absolute Gasteiger partial charge is 0.413 e. The number of rotatable bonds is 7. The summed E-state index contributed by atoms with van der Waals surface area (Å²) >= 11 is 0. The Morgan fingerprint density at radius 1 is 1.39 bits per heavy atom. The summed E-state index contributed by atoms with van der Waals surface area (Å²) in [4.78, 5) is 11.1. The SMILES string of the molecule is C[C@H](CCO)[C@H](CC(N)=O)O[Si](C)(C)C(C)(C)C. The zero-order chi connectivity index (χ0) is 14.6. The lowest BCUT2D eigenvalue weighted by atomic mass is 9.99. The minimum Gasteiger partial charge on any atom is -0.413 e. The molecule has 5 heteroatoms. The van der Waals surface area contributed by atoms with Crippen LogP contribution in [0.25, 0.3) is 0 Å². The summed E-state index contributed by atoms with van der Waals surface area (Å²) in [6.45, 7) is 12.9. The van der Waals surface area contributed by atoms with Crippen LogP contribution in [0.5, 0.6) is 0 Å². The lowest BCUT2D eigenvalue weighted by Crippen LogP contribution is -2.46. The fourth-order valence-electron chi connectivity index (χ4n) is 1.50. The van der Waals surface area contributed by atoms with Gasteiger partial charge in [-0.1, -0.05) is 27.7 Å². The Morgan fingerprint density at radius 2 is 1.89 bits per heavy atom. The molecule has 0 rings (SSSR count). The zero-order valence-corrected chi connectivity index (χ0v) is 13.6. The van der Waals surface area contributed by atoms with Crippen molar-refractivity contribution in [2.45, 2.75) is 64.8 Å². The van der Waals surface area contributed by atoms with Gasteiger partial charge in [0.25, 0.3) is 0 Å². The predicted molar refractivity (Wildman–Crippen MR) is 76.7 cm³/mol. The highest BCUT2D eigenvalue weighted by Crippen LogP contribution is 2.38. The molecule has 3 N–H and O–H groups in total. The normalized spacial score (nSPS) is 16.4. The van der Waals surface area contributed by atoms with Gasteiger partial charge < -0.3 is 15.3 Å². The van der Waals surface area contributed by atoms with Gasteiger partial charge in [0.15, 0.2) is 8.32 Å². The third-order valence-corrected chi connectivity index (χ3v) is 8.38. The van der Waals surface area contributed by atoms with E-state index >= 15 is 0 Å². The van der Waals surface area contributed by atoms with Gasteiger partial charge in [0.2, 0.25) is 5.91 Å². The first-order valence-electron chi connectivity index (χ1n) is 6.58. The molecule has 0 saturated carbocycles. The number of carbonyl (C=O) groups is 1. The Balaban J connectivity index is 4.83. The molecule has 18 heavy (non-hydrogen) atoms. The van der Waals surface area contributed by atoms with E-state index in [1.165, 1.54) is 0 Å². The van der Waals surface area contributed by atoms with E-state index in [9.17, 15) is 4.79 Å². The topological polar surface area (TPSA) is 72.5 Å². The number of aliphatic hydroxyl groups is 1. The molecule has 0 heterocycles. The molecule has 0 aromatic rings. The fourth-order valence-corrected chi connectivity index (χ4v) is 2.93. The molecule has 0 saturated heterocycles. The highest BCUT2D eigenvalue weighted by atomic mass is 28.4. The van der Waals surface area contributed by atoms with Crippen molar-refractivity contribution in [3.8, 4) is 0 Å². The maximum absolute atomic E-state index is 11.1. The molecule has 0 unspecified atom stereocenters. The van der Waals surface area contributed by atoms with E-state index in [4.69, 9.17) is 15.3 Å². The van der Waals surface area contributed by atoms with Crippen LogP contribution >= 0.6 is 0 Å². The van der Waals surface area contributed by atoms with E-state index in [1.54, 1.807) is 0 Å². The van der Waals surface area contributed by atoms with E-state index < -0.39 is 8.32 Å². The third kappa shape index (κ3) is 5.50. The van der Waals surface area contributed by atoms with Gasteiger partial charge in [0.1, 0.15) is 0 Å². The quantitative estimate of drug-likeness (QED) is 0.700. The van der Waals surface area contributed by atoms with Crippen LogP contribution < -0.4 is 5.73 Å². The first-order valence-corrected chi connectivity index (χ1v) is 9.49. The standard InChI is InChI=1S/C13H29NO3Si/c1-10(7-8-15)11(9-12(14)16)17-18(5,6)13(2,3)4/h10-11,15H,7-9H2,1-6H3,(H2,14,16)/t10-,11+/m1/s1. The van der Waals surface area contributed by atoms with Crippen molar-refractivity contribution in [2.75, 3.05) is 6.61 Å². The molecule has 0 aromatic heterocycles. The molecule has 0 aliphatic carbocycles. The van der Waals surface area contributed by atoms with Crippen molar-refractivity contribution in [3.05, 3.63) is 0 Å². The summed E-state index contributed by atoms with van der Waals surface area (Å²) in [6, 6.07) is 0. The lowest BCUT2D eigenvalue weighted by molar-refractivity contribution is -0.120. The van der Waals surface area contributed by atoms with Crippen LogP contribution in [-0.2, 0) is 9.22 Å². The van der Waals surface area contributed by atoms with Gasteiger partial charge in [0.05, 0.1) is 12.5 Å². The Hall–Kier alpha value is -0.393. The van der Waals surface area contributed by atoms with Crippen LogP contribution in [0.3, 0.4) is 0 Å². The molecule has 0 spiro atoms. The van der Waals surface area contributed by atoms with E-state index in [1.807, 2.05) is 6.92 Å². The Bertz CT molecular complexity index is 274. The van der Waals surface area contributed by atoms with Gasteiger partial charge >= 0.3 is 0 Å². The number of carbonyl (C=O) groups excluding carboxylic acids is 1. The molecule has 2 atom stereocenters. The number of primary amides is 1. The Morgan fingerprint density at radius 3 is 2.22 bits per heavy atom. The Kier molecular flexibility index (Phi) is 6.53. The summed E-state index contributed by atoms with van der Waals surface area (Å²) in [7, 11) is -1.92.